The van der Waals surface area contributed by atoms with E-state index < -0.39 is 10.0 Å². The summed E-state index contributed by atoms with van der Waals surface area (Å²) >= 11 is 0. The highest BCUT2D eigenvalue weighted by molar-refractivity contribution is 7.92. The summed E-state index contributed by atoms with van der Waals surface area (Å²) in [6.45, 7) is 3.90. The molecule has 0 aromatic carbocycles. The maximum absolute atomic E-state index is 11.6. The van der Waals surface area contributed by atoms with E-state index in [1.165, 1.54) is 6.20 Å². The molecule has 1 aromatic heterocycles. The van der Waals surface area contributed by atoms with Crippen LogP contribution in [0.3, 0.4) is 0 Å². The van der Waals surface area contributed by atoms with Crippen molar-refractivity contribution in [3.63, 3.8) is 0 Å². The molecule has 0 aliphatic rings. The lowest BCUT2D eigenvalue weighted by Gasteiger charge is -2.07. The van der Waals surface area contributed by atoms with Crippen molar-refractivity contribution in [2.45, 2.75) is 20.3 Å². The minimum atomic E-state index is -3.40. The highest BCUT2D eigenvalue weighted by atomic mass is 32.2. The number of nitriles is 1. The number of anilines is 1. The van der Waals surface area contributed by atoms with Gasteiger partial charge in [0.1, 0.15) is 11.6 Å². The Balaban J connectivity index is 2.70. The number of sulfonamides is 1. The smallest absolute Gasteiger partial charge is 0.233 e. The van der Waals surface area contributed by atoms with E-state index in [-0.39, 0.29) is 17.1 Å². The molecule has 0 fully saturated rings. The van der Waals surface area contributed by atoms with Crippen molar-refractivity contribution >= 4 is 15.8 Å². The number of nitrogens with zero attached hydrogens (tertiary/aromatic N) is 2. The maximum Gasteiger partial charge on any atom is 0.233 e. The molecular weight excluding hydrogens is 228 g/mol. The first kappa shape index (κ1) is 12.5. The predicted octanol–water partition coefficient (Wildman–Crippen LogP) is 1.07. The minimum Gasteiger partial charge on any atom is -0.267 e. The van der Waals surface area contributed by atoms with E-state index in [4.69, 9.17) is 5.26 Å². The second kappa shape index (κ2) is 4.99. The van der Waals surface area contributed by atoms with Crippen molar-refractivity contribution in [1.29, 1.82) is 5.26 Å². The molecule has 0 radical (unpaired) electrons. The third-order valence-corrected chi connectivity index (χ3v) is 3.27. The summed E-state index contributed by atoms with van der Waals surface area (Å²) in [6.07, 6.45) is 1.85. The van der Waals surface area contributed by atoms with Crippen LogP contribution >= 0.6 is 0 Å². The number of aromatic nitrogens is 2. The topological polar surface area (TPSA) is 98.6 Å². The molecule has 6 nitrogen and oxygen atoms in total. The highest BCUT2D eigenvalue weighted by Gasteiger charge is 2.14. The first-order valence-electron chi connectivity index (χ1n) is 4.88. The fourth-order valence-electron chi connectivity index (χ4n) is 1.05. The van der Waals surface area contributed by atoms with Gasteiger partial charge in [-0.05, 0) is 12.3 Å². The van der Waals surface area contributed by atoms with Crippen LogP contribution in [0.15, 0.2) is 6.20 Å². The predicted molar refractivity (Wildman–Crippen MR) is 60.2 cm³/mol. The lowest BCUT2D eigenvalue weighted by atomic mass is 10.2. The van der Waals surface area contributed by atoms with Gasteiger partial charge in [-0.25, -0.2) is 8.42 Å². The lowest BCUT2D eigenvalue weighted by molar-refractivity contribution is 0.577. The number of H-pyrrole nitrogens is 1. The van der Waals surface area contributed by atoms with Gasteiger partial charge in [0, 0.05) is 0 Å². The molecule has 0 amide bonds. The number of hydrogen-bond donors (Lipinski definition) is 2. The lowest BCUT2D eigenvalue weighted by Crippen LogP contribution is -2.18. The first-order valence-corrected chi connectivity index (χ1v) is 6.54. The van der Waals surface area contributed by atoms with Gasteiger partial charge in [-0.15, -0.1) is 0 Å². The van der Waals surface area contributed by atoms with E-state index in [0.717, 1.165) is 0 Å². The third-order valence-electron chi connectivity index (χ3n) is 1.98. The fourth-order valence-corrected chi connectivity index (χ4v) is 2.40. The molecule has 1 aromatic rings. The standard InChI is InChI=1S/C9H14N4O2S/c1-7(2)3-4-16(14,15)13-9-8(5-10)6-11-12-9/h6-7H,3-4H2,1-2H3,(H2,11,12,13). The van der Waals surface area contributed by atoms with E-state index >= 15 is 0 Å². The van der Waals surface area contributed by atoms with Crippen LogP contribution in [0, 0.1) is 17.2 Å². The number of rotatable bonds is 5. The van der Waals surface area contributed by atoms with Gasteiger partial charge in [-0.1, -0.05) is 13.8 Å². The molecule has 1 rings (SSSR count). The molecule has 1 heterocycles. The van der Waals surface area contributed by atoms with E-state index in [1.807, 2.05) is 19.9 Å². The third kappa shape index (κ3) is 3.55. The zero-order valence-corrected chi connectivity index (χ0v) is 10.0. The Morgan fingerprint density at radius 2 is 2.31 bits per heavy atom. The summed E-state index contributed by atoms with van der Waals surface area (Å²) < 4.78 is 25.5. The zero-order valence-electron chi connectivity index (χ0n) is 9.19. The van der Waals surface area contributed by atoms with Crippen LogP contribution in [0.1, 0.15) is 25.8 Å². The van der Waals surface area contributed by atoms with E-state index in [2.05, 4.69) is 14.9 Å². The molecule has 2 N–H and O–H groups in total. The normalized spacial score (nSPS) is 11.4. The van der Waals surface area contributed by atoms with Gasteiger partial charge < -0.3 is 0 Å². The van der Waals surface area contributed by atoms with E-state index in [0.29, 0.717) is 12.3 Å². The average Bonchev–Trinajstić information content (AvgIpc) is 2.61. The van der Waals surface area contributed by atoms with Gasteiger partial charge in [0.05, 0.1) is 11.9 Å². The molecule has 0 saturated carbocycles. The summed E-state index contributed by atoms with van der Waals surface area (Å²) in [5, 5.41) is 14.7. The Hall–Kier alpha value is -1.55. The van der Waals surface area contributed by atoms with Crippen LogP contribution in [0.2, 0.25) is 0 Å². The van der Waals surface area contributed by atoms with Crippen molar-refractivity contribution in [1.82, 2.24) is 10.2 Å². The molecule has 0 saturated heterocycles. The van der Waals surface area contributed by atoms with Crippen LogP contribution in [0.25, 0.3) is 0 Å². The zero-order chi connectivity index (χ0) is 12.2. The summed E-state index contributed by atoms with van der Waals surface area (Å²) in [5.74, 6) is 0.481. The van der Waals surface area contributed by atoms with Crippen molar-refractivity contribution in [2.24, 2.45) is 5.92 Å². The van der Waals surface area contributed by atoms with E-state index in [9.17, 15) is 8.42 Å². The molecule has 16 heavy (non-hydrogen) atoms. The van der Waals surface area contributed by atoms with Crippen LogP contribution in [0.5, 0.6) is 0 Å². The number of hydrogen-bond acceptors (Lipinski definition) is 4. The van der Waals surface area contributed by atoms with Gasteiger partial charge in [0.15, 0.2) is 5.82 Å². The van der Waals surface area contributed by atoms with Gasteiger partial charge in [0.2, 0.25) is 10.0 Å². The Labute approximate surface area is 94.7 Å². The van der Waals surface area contributed by atoms with Gasteiger partial charge >= 0.3 is 0 Å². The van der Waals surface area contributed by atoms with Crippen LogP contribution in [0.4, 0.5) is 5.82 Å². The van der Waals surface area contributed by atoms with Crippen LogP contribution < -0.4 is 4.72 Å². The Morgan fingerprint density at radius 1 is 1.62 bits per heavy atom. The Bertz CT molecular complexity index is 484. The highest BCUT2D eigenvalue weighted by Crippen LogP contribution is 2.12. The number of aromatic amines is 1. The van der Waals surface area contributed by atoms with Crippen molar-refractivity contribution in [3.05, 3.63) is 11.8 Å². The molecule has 0 bridgehead atoms. The second-order valence-corrected chi connectivity index (χ2v) is 5.72. The van der Waals surface area contributed by atoms with Crippen LogP contribution in [-0.4, -0.2) is 24.4 Å². The fraction of sp³-hybridized carbons (Fsp3) is 0.556. The first-order chi connectivity index (χ1) is 7.44. The molecule has 7 heteroatoms. The summed E-state index contributed by atoms with van der Waals surface area (Å²) in [4.78, 5) is 0. The Morgan fingerprint density at radius 3 is 2.88 bits per heavy atom. The SMILES string of the molecule is CC(C)CCS(=O)(=O)Nc1[nH]ncc1C#N. The molecule has 88 valence electrons. The summed E-state index contributed by atoms with van der Waals surface area (Å²) in [5.41, 5.74) is 0.188. The molecule has 0 unspecified atom stereocenters. The van der Waals surface area contributed by atoms with Crippen LogP contribution in [-0.2, 0) is 10.0 Å². The average molecular weight is 242 g/mol. The second-order valence-electron chi connectivity index (χ2n) is 3.87. The van der Waals surface area contributed by atoms with E-state index in [1.54, 1.807) is 0 Å². The summed E-state index contributed by atoms with van der Waals surface area (Å²) in [6, 6.07) is 1.84. The molecule has 0 aliphatic carbocycles. The minimum absolute atomic E-state index is 0.0363. The monoisotopic (exact) mass is 242 g/mol. The van der Waals surface area contributed by atoms with Gasteiger partial charge in [-0.2, -0.15) is 10.4 Å². The Kier molecular flexibility index (Phi) is 3.90. The van der Waals surface area contributed by atoms with Crippen molar-refractivity contribution < 1.29 is 8.42 Å². The van der Waals surface area contributed by atoms with Gasteiger partial charge in [0.25, 0.3) is 0 Å². The quantitative estimate of drug-likeness (QED) is 0.806. The molecule has 0 aliphatic heterocycles. The van der Waals surface area contributed by atoms with Crippen molar-refractivity contribution in [3.8, 4) is 6.07 Å². The number of nitrogens with one attached hydrogen (secondary N) is 2. The van der Waals surface area contributed by atoms with Crippen molar-refractivity contribution in [2.75, 3.05) is 10.5 Å². The largest absolute Gasteiger partial charge is 0.267 e. The maximum atomic E-state index is 11.6. The molecular formula is C9H14N4O2S. The molecule has 0 spiro atoms. The van der Waals surface area contributed by atoms with Gasteiger partial charge in [-0.3, -0.25) is 9.82 Å². The summed E-state index contributed by atoms with van der Waals surface area (Å²) in [7, 11) is -3.40. The molecule has 0 atom stereocenters.